The quantitative estimate of drug-likeness (QED) is 0.641. The van der Waals surface area contributed by atoms with Gasteiger partial charge in [0.25, 0.3) is 5.91 Å². The molecule has 1 aliphatic heterocycles. The number of aromatic nitrogens is 2. The molecule has 2 heterocycles. The van der Waals surface area contributed by atoms with Gasteiger partial charge in [-0.2, -0.15) is 0 Å². The smallest absolute Gasteiger partial charge is 0.277 e. The Hall–Kier alpha value is -2.87. The van der Waals surface area contributed by atoms with E-state index < -0.39 is 5.91 Å². The Labute approximate surface area is 139 Å². The highest BCUT2D eigenvalue weighted by Crippen LogP contribution is 2.33. The maximum Gasteiger partial charge on any atom is 0.277 e. The van der Waals surface area contributed by atoms with Gasteiger partial charge in [0.2, 0.25) is 5.95 Å². The second-order valence-corrected chi connectivity index (χ2v) is 5.36. The number of anilines is 1. The number of ether oxygens (including phenoxy) is 2. The Bertz CT molecular complexity index is 748. The number of carbonyl (C=O) groups is 1. The van der Waals surface area contributed by atoms with Crippen LogP contribution in [0.4, 0.5) is 5.95 Å². The molecule has 8 nitrogen and oxygen atoms in total. The number of hydrogen-bond acceptors (Lipinski definition) is 7. The van der Waals surface area contributed by atoms with Crippen LogP contribution in [0.5, 0.6) is 11.5 Å². The van der Waals surface area contributed by atoms with E-state index in [1.54, 1.807) is 19.7 Å². The van der Waals surface area contributed by atoms with Crippen LogP contribution in [0.3, 0.4) is 0 Å². The average Bonchev–Trinajstić information content (AvgIpc) is 2.65. The van der Waals surface area contributed by atoms with Crippen molar-refractivity contribution >= 4 is 11.9 Å². The standard InChI is InChI=1S/C16H18N4O4/c1-23-13-5-10-3-4-20(9-11(10)6-14(13)24-2)16-17-7-12(8-18-16)15(21)19-22/h5-8,22H,3-4,9H2,1-2H3,(H,19,21). The third-order valence-corrected chi connectivity index (χ3v) is 4.00. The van der Waals surface area contributed by atoms with Gasteiger partial charge in [-0.3, -0.25) is 10.0 Å². The summed E-state index contributed by atoms with van der Waals surface area (Å²) in [6, 6.07) is 3.97. The van der Waals surface area contributed by atoms with Crippen molar-refractivity contribution in [1.82, 2.24) is 15.4 Å². The number of rotatable bonds is 4. The second-order valence-electron chi connectivity index (χ2n) is 5.36. The fourth-order valence-electron chi connectivity index (χ4n) is 2.72. The van der Waals surface area contributed by atoms with Gasteiger partial charge in [0, 0.05) is 25.5 Å². The Balaban J connectivity index is 1.83. The number of nitrogens with zero attached hydrogens (tertiary/aromatic N) is 3. The van der Waals surface area contributed by atoms with Gasteiger partial charge in [-0.1, -0.05) is 0 Å². The SMILES string of the molecule is COc1cc2c(cc1OC)CN(c1ncc(C(=O)NO)cn1)CC2. The molecule has 3 rings (SSSR count). The second kappa shape index (κ2) is 6.71. The fourth-order valence-corrected chi connectivity index (χ4v) is 2.72. The minimum atomic E-state index is -0.637. The topological polar surface area (TPSA) is 96.8 Å². The monoisotopic (exact) mass is 330 g/mol. The Kier molecular flexibility index (Phi) is 4.48. The highest BCUT2D eigenvalue weighted by Gasteiger charge is 2.21. The van der Waals surface area contributed by atoms with Gasteiger partial charge in [-0.15, -0.1) is 0 Å². The number of amides is 1. The van der Waals surface area contributed by atoms with Gasteiger partial charge in [0.15, 0.2) is 11.5 Å². The minimum Gasteiger partial charge on any atom is -0.493 e. The summed E-state index contributed by atoms with van der Waals surface area (Å²) in [6.45, 7) is 1.40. The molecule has 2 N–H and O–H groups in total. The van der Waals surface area contributed by atoms with E-state index in [1.807, 2.05) is 17.0 Å². The zero-order valence-electron chi connectivity index (χ0n) is 13.4. The van der Waals surface area contributed by atoms with E-state index in [0.29, 0.717) is 18.2 Å². The van der Waals surface area contributed by atoms with E-state index in [9.17, 15) is 4.79 Å². The average molecular weight is 330 g/mol. The summed E-state index contributed by atoms with van der Waals surface area (Å²) in [5.41, 5.74) is 4.09. The van der Waals surface area contributed by atoms with Crippen LogP contribution in [0.1, 0.15) is 21.5 Å². The molecule has 0 bridgehead atoms. The van der Waals surface area contributed by atoms with Crippen LogP contribution in [0.15, 0.2) is 24.5 Å². The van der Waals surface area contributed by atoms with Crippen LogP contribution in [0.2, 0.25) is 0 Å². The lowest BCUT2D eigenvalue weighted by molar-refractivity contribution is 0.0705. The Morgan fingerprint density at radius 1 is 1.17 bits per heavy atom. The summed E-state index contributed by atoms with van der Waals surface area (Å²) in [6.07, 6.45) is 3.61. The summed E-state index contributed by atoms with van der Waals surface area (Å²) in [7, 11) is 3.23. The number of carbonyl (C=O) groups excluding carboxylic acids is 1. The maximum atomic E-state index is 11.3. The molecule has 1 aromatic carbocycles. The van der Waals surface area contributed by atoms with Crippen molar-refractivity contribution in [3.05, 3.63) is 41.2 Å². The van der Waals surface area contributed by atoms with E-state index in [2.05, 4.69) is 9.97 Å². The molecule has 0 unspecified atom stereocenters. The number of hydroxylamine groups is 1. The normalized spacial score (nSPS) is 13.2. The summed E-state index contributed by atoms with van der Waals surface area (Å²) >= 11 is 0. The summed E-state index contributed by atoms with van der Waals surface area (Å²) in [4.78, 5) is 21.8. The molecular formula is C16H18N4O4. The first-order chi connectivity index (χ1) is 11.7. The number of nitrogens with one attached hydrogen (secondary N) is 1. The molecule has 0 saturated heterocycles. The molecule has 0 fully saturated rings. The van der Waals surface area contributed by atoms with Crippen LogP contribution >= 0.6 is 0 Å². The highest BCUT2D eigenvalue weighted by molar-refractivity contribution is 5.92. The highest BCUT2D eigenvalue weighted by atomic mass is 16.5. The molecule has 1 aromatic heterocycles. The zero-order chi connectivity index (χ0) is 17.1. The number of fused-ring (bicyclic) bond motifs is 1. The number of benzene rings is 1. The lowest BCUT2D eigenvalue weighted by Crippen LogP contribution is -2.32. The molecule has 0 spiro atoms. The third kappa shape index (κ3) is 2.95. The van der Waals surface area contributed by atoms with Crippen molar-refractivity contribution in [2.24, 2.45) is 0 Å². The zero-order valence-corrected chi connectivity index (χ0v) is 13.4. The largest absolute Gasteiger partial charge is 0.493 e. The van der Waals surface area contributed by atoms with Gasteiger partial charge in [-0.25, -0.2) is 15.4 Å². The van der Waals surface area contributed by atoms with Crippen molar-refractivity contribution in [2.75, 3.05) is 25.7 Å². The van der Waals surface area contributed by atoms with Gasteiger partial charge in [-0.05, 0) is 29.7 Å². The van der Waals surface area contributed by atoms with E-state index >= 15 is 0 Å². The van der Waals surface area contributed by atoms with Crippen molar-refractivity contribution in [1.29, 1.82) is 0 Å². The molecule has 8 heteroatoms. The summed E-state index contributed by atoms with van der Waals surface area (Å²) in [5, 5.41) is 8.62. The van der Waals surface area contributed by atoms with Crippen LogP contribution < -0.4 is 19.9 Å². The first-order valence-corrected chi connectivity index (χ1v) is 7.41. The number of hydrogen-bond donors (Lipinski definition) is 2. The van der Waals surface area contributed by atoms with E-state index in [0.717, 1.165) is 24.3 Å². The van der Waals surface area contributed by atoms with E-state index in [-0.39, 0.29) is 5.56 Å². The molecule has 126 valence electrons. The number of methoxy groups -OCH3 is 2. The molecule has 1 amide bonds. The predicted octanol–water partition coefficient (Wildman–Crippen LogP) is 1.18. The van der Waals surface area contributed by atoms with Crippen LogP contribution in [0.25, 0.3) is 0 Å². The Morgan fingerprint density at radius 2 is 1.79 bits per heavy atom. The van der Waals surface area contributed by atoms with Crippen LogP contribution in [-0.2, 0) is 13.0 Å². The molecule has 0 atom stereocenters. The fraction of sp³-hybridized carbons (Fsp3) is 0.312. The third-order valence-electron chi connectivity index (χ3n) is 4.00. The molecule has 0 radical (unpaired) electrons. The van der Waals surface area contributed by atoms with Gasteiger partial charge in [0.1, 0.15) is 0 Å². The van der Waals surface area contributed by atoms with E-state index in [1.165, 1.54) is 18.0 Å². The van der Waals surface area contributed by atoms with Crippen molar-refractivity contribution in [3.63, 3.8) is 0 Å². The molecule has 0 saturated carbocycles. The Morgan fingerprint density at radius 3 is 2.38 bits per heavy atom. The molecule has 24 heavy (non-hydrogen) atoms. The molecule has 0 aliphatic carbocycles. The van der Waals surface area contributed by atoms with Gasteiger partial charge >= 0.3 is 0 Å². The minimum absolute atomic E-state index is 0.199. The van der Waals surface area contributed by atoms with E-state index in [4.69, 9.17) is 14.7 Å². The summed E-state index contributed by atoms with van der Waals surface area (Å²) < 4.78 is 10.7. The van der Waals surface area contributed by atoms with Crippen molar-refractivity contribution in [2.45, 2.75) is 13.0 Å². The molecule has 2 aromatic rings. The first kappa shape index (κ1) is 16.0. The molecule has 1 aliphatic rings. The lowest BCUT2D eigenvalue weighted by atomic mass is 9.99. The van der Waals surface area contributed by atoms with Gasteiger partial charge in [0.05, 0.1) is 19.8 Å². The van der Waals surface area contributed by atoms with Gasteiger partial charge < -0.3 is 14.4 Å². The van der Waals surface area contributed by atoms with Crippen LogP contribution in [0, 0.1) is 0 Å². The molecular weight excluding hydrogens is 312 g/mol. The lowest BCUT2D eigenvalue weighted by Gasteiger charge is -2.29. The maximum absolute atomic E-state index is 11.3. The van der Waals surface area contributed by atoms with Crippen molar-refractivity contribution in [3.8, 4) is 11.5 Å². The summed E-state index contributed by atoms with van der Waals surface area (Å²) in [5.74, 6) is 1.31. The van der Waals surface area contributed by atoms with Crippen molar-refractivity contribution < 1.29 is 19.5 Å². The van der Waals surface area contributed by atoms with Crippen LogP contribution in [-0.4, -0.2) is 41.8 Å². The first-order valence-electron chi connectivity index (χ1n) is 7.41. The predicted molar refractivity (Wildman–Crippen MR) is 85.6 cm³/mol.